The molecule has 0 aliphatic heterocycles. The van der Waals surface area contributed by atoms with E-state index in [0.29, 0.717) is 0 Å². The number of fused-ring (bicyclic) bond motifs is 20. The van der Waals surface area contributed by atoms with Gasteiger partial charge in [0.15, 0.2) is 0 Å². The van der Waals surface area contributed by atoms with Crippen LogP contribution in [0.1, 0.15) is 181 Å². The summed E-state index contributed by atoms with van der Waals surface area (Å²) in [6, 6.07) is 0. The molecule has 26 atom stereocenters. The maximum atomic E-state index is 13.8. The van der Waals surface area contributed by atoms with E-state index in [1.807, 2.05) is 0 Å². The van der Waals surface area contributed by atoms with Crippen molar-refractivity contribution in [2.75, 3.05) is 0 Å². The predicted molar refractivity (Wildman–Crippen MR) is 256 cm³/mol. The third kappa shape index (κ3) is 6.01. The Kier molecular flexibility index (Phi) is 11.2. The number of ketones is 1. The van der Waals surface area contributed by atoms with Crippen LogP contribution in [0.15, 0.2) is 0 Å². The minimum atomic E-state index is 0.129. The Bertz CT molecular complexity index is 1460. The quantitative estimate of drug-likeness (QED) is 0.222. The fraction of sp³-hybridized carbons (Fsp3) is 0.983. The van der Waals surface area contributed by atoms with Crippen molar-refractivity contribution in [2.24, 2.45) is 188 Å². The first-order valence-electron chi connectivity index (χ1n) is 28.3. The molecule has 0 saturated heterocycles. The summed E-state index contributed by atoms with van der Waals surface area (Å²) in [6.45, 7) is 39.7. The Morgan fingerprint density at radius 2 is 0.574 bits per heavy atom. The van der Waals surface area contributed by atoms with Gasteiger partial charge in [0.1, 0.15) is 5.78 Å². The van der Waals surface area contributed by atoms with Crippen molar-refractivity contribution >= 4 is 5.78 Å². The molecule has 0 heterocycles. The molecule has 14 aliphatic carbocycles. The molecule has 14 fully saturated rings. The molecule has 0 radical (unpaired) electrons. The summed E-state index contributed by atoms with van der Waals surface area (Å²) in [4.78, 5) is 13.8. The smallest absolute Gasteiger partial charge is 0.145 e. The SMILES string of the molecule is CC1C(C)C2CC1C(C)C2C.CC1C(C)C2CC1C1C3CC(C(C)C3C)C21.CC1C(C)C2CCC1C(C)C2C.CC1C2CC(C1C)C1(CCC3(CC4CC3C(C)C4C)C1=O)C2. The van der Waals surface area contributed by atoms with Crippen LogP contribution in [0.3, 0.4) is 0 Å². The Labute approximate surface area is 378 Å². The number of carbonyl (C=O) groups is 1. The molecular formula is C60H100O. The van der Waals surface area contributed by atoms with E-state index in [0.717, 1.165) is 183 Å². The van der Waals surface area contributed by atoms with Crippen molar-refractivity contribution in [3.8, 4) is 0 Å². The Morgan fingerprint density at radius 3 is 0.836 bits per heavy atom. The standard InChI is InChI=1S/C21H32O.C16H26.C12H22.C11H20/c1-11-13(3)17-7-15(11)9-20(17)5-6-21(19(20)22)10-16-8-18(21)14(4)12(16)2;1-7-8(2)12-5-11(7)15-13-6-14(16(12)15)10(4)9(13)3;1-7-8(2)12-6-5-11(7)9(3)10(12)4;1-6-7(2)11-5-10(6)8(3)9(11)4/h11-18H,5-10H2,1-4H3;7-16H,5-6H2,1-4H3;7-12H,5-6H2,1-4H3;6-11H,5H2,1-4H3. The summed E-state index contributed by atoms with van der Waals surface area (Å²) in [5, 5.41) is 0. The van der Waals surface area contributed by atoms with Crippen molar-refractivity contribution in [2.45, 2.75) is 181 Å². The molecule has 14 aliphatic rings. The Hall–Kier alpha value is -0.330. The van der Waals surface area contributed by atoms with Gasteiger partial charge in [0.2, 0.25) is 0 Å². The molecule has 12 bridgehead atoms. The molecular weight excluding hydrogens is 737 g/mol. The summed E-state index contributed by atoms with van der Waals surface area (Å²) in [5.41, 5.74) is 0.258. The summed E-state index contributed by atoms with van der Waals surface area (Å²) in [5.74, 6) is 30.4. The van der Waals surface area contributed by atoms with Crippen LogP contribution >= 0.6 is 0 Å². The number of carbonyl (C=O) groups excluding carboxylic acids is 1. The molecule has 61 heavy (non-hydrogen) atoms. The molecule has 1 heteroatoms. The first kappa shape index (κ1) is 44.5. The monoisotopic (exact) mass is 837 g/mol. The van der Waals surface area contributed by atoms with Crippen LogP contribution in [0.2, 0.25) is 0 Å². The van der Waals surface area contributed by atoms with Crippen LogP contribution in [-0.2, 0) is 4.79 Å². The molecule has 14 rings (SSSR count). The first-order chi connectivity index (χ1) is 28.8. The highest BCUT2D eigenvalue weighted by molar-refractivity contribution is 5.94. The molecule has 0 amide bonds. The zero-order chi connectivity index (χ0) is 43.7. The molecule has 0 aromatic carbocycles. The second-order valence-electron chi connectivity index (χ2n) is 28.3. The summed E-state index contributed by atoms with van der Waals surface area (Å²) in [7, 11) is 0. The number of hydrogen-bond donors (Lipinski definition) is 0. The fourth-order valence-electron chi connectivity index (χ4n) is 23.1. The lowest BCUT2D eigenvalue weighted by molar-refractivity contribution is -0.142. The average molecular weight is 837 g/mol. The predicted octanol–water partition coefficient (Wildman–Crippen LogP) is 15.8. The number of Topliss-reactive ketones (excluding diaryl/α,β-unsaturated/α-hetero) is 1. The average Bonchev–Trinajstić information content (AvgIpc) is 4.14. The first-order valence-corrected chi connectivity index (χ1v) is 28.3. The van der Waals surface area contributed by atoms with Gasteiger partial charge in [-0.25, -0.2) is 0 Å². The summed E-state index contributed by atoms with van der Waals surface area (Å²) in [6.07, 6.45) is 15.5. The summed E-state index contributed by atoms with van der Waals surface area (Å²) < 4.78 is 0. The van der Waals surface area contributed by atoms with E-state index in [2.05, 4.69) is 111 Å². The van der Waals surface area contributed by atoms with E-state index >= 15 is 0 Å². The zero-order valence-corrected chi connectivity index (χ0v) is 43.0. The number of rotatable bonds is 0. The minimum Gasteiger partial charge on any atom is -0.298 e. The van der Waals surface area contributed by atoms with Gasteiger partial charge < -0.3 is 0 Å². The van der Waals surface area contributed by atoms with Gasteiger partial charge >= 0.3 is 0 Å². The zero-order valence-electron chi connectivity index (χ0n) is 43.0. The molecule has 26 unspecified atom stereocenters. The lowest BCUT2D eigenvalue weighted by Gasteiger charge is -2.53. The third-order valence-electron chi connectivity index (χ3n) is 28.1. The maximum Gasteiger partial charge on any atom is 0.145 e. The second kappa shape index (κ2) is 15.4. The fourth-order valence-corrected chi connectivity index (χ4v) is 23.1. The molecule has 14 saturated carbocycles. The van der Waals surface area contributed by atoms with E-state index < -0.39 is 0 Å². The van der Waals surface area contributed by atoms with Crippen molar-refractivity contribution < 1.29 is 4.79 Å². The van der Waals surface area contributed by atoms with Gasteiger partial charge in [-0.1, -0.05) is 111 Å². The van der Waals surface area contributed by atoms with Gasteiger partial charge in [-0.2, -0.15) is 0 Å². The van der Waals surface area contributed by atoms with Crippen LogP contribution in [0.25, 0.3) is 0 Å². The van der Waals surface area contributed by atoms with E-state index in [1.165, 1.54) is 57.8 Å². The van der Waals surface area contributed by atoms with Crippen molar-refractivity contribution in [3.63, 3.8) is 0 Å². The largest absolute Gasteiger partial charge is 0.298 e. The lowest BCUT2D eigenvalue weighted by atomic mass is 9.52. The molecule has 0 N–H and O–H groups in total. The molecule has 346 valence electrons. The number of hydrogen-bond acceptors (Lipinski definition) is 1. The van der Waals surface area contributed by atoms with Crippen molar-refractivity contribution in [3.05, 3.63) is 0 Å². The van der Waals surface area contributed by atoms with E-state index in [9.17, 15) is 4.79 Å². The highest BCUT2D eigenvalue weighted by Crippen LogP contribution is 2.75. The van der Waals surface area contributed by atoms with Gasteiger partial charge in [0, 0.05) is 10.8 Å². The molecule has 1 nitrogen and oxygen atoms in total. The topological polar surface area (TPSA) is 17.1 Å². The van der Waals surface area contributed by atoms with Gasteiger partial charge in [-0.15, -0.1) is 0 Å². The van der Waals surface area contributed by atoms with Gasteiger partial charge in [-0.05, 0) is 248 Å². The summed E-state index contributed by atoms with van der Waals surface area (Å²) >= 11 is 0. The van der Waals surface area contributed by atoms with Crippen LogP contribution in [0.5, 0.6) is 0 Å². The lowest BCUT2D eigenvalue weighted by Crippen LogP contribution is -2.47. The molecule has 2 spiro atoms. The minimum absolute atomic E-state index is 0.129. The second-order valence-corrected chi connectivity index (χ2v) is 28.3. The highest BCUT2D eigenvalue weighted by Gasteiger charge is 2.72. The van der Waals surface area contributed by atoms with Crippen LogP contribution < -0.4 is 0 Å². The van der Waals surface area contributed by atoms with E-state index in [4.69, 9.17) is 0 Å². The molecule has 0 aromatic heterocycles. The van der Waals surface area contributed by atoms with Crippen molar-refractivity contribution in [1.29, 1.82) is 0 Å². The van der Waals surface area contributed by atoms with Crippen LogP contribution in [-0.4, -0.2) is 5.78 Å². The van der Waals surface area contributed by atoms with Crippen LogP contribution in [0.4, 0.5) is 0 Å². The highest BCUT2D eigenvalue weighted by atomic mass is 16.1. The van der Waals surface area contributed by atoms with Gasteiger partial charge in [-0.3, -0.25) is 4.79 Å². The van der Waals surface area contributed by atoms with Gasteiger partial charge in [0.25, 0.3) is 0 Å². The third-order valence-corrected chi connectivity index (χ3v) is 28.1. The van der Waals surface area contributed by atoms with E-state index in [-0.39, 0.29) is 10.8 Å². The molecule has 0 aromatic rings. The Balaban J connectivity index is 0.000000101. The maximum absolute atomic E-state index is 13.8. The van der Waals surface area contributed by atoms with Gasteiger partial charge in [0.05, 0.1) is 0 Å². The van der Waals surface area contributed by atoms with Crippen LogP contribution in [0, 0.1) is 188 Å². The van der Waals surface area contributed by atoms with E-state index in [1.54, 1.807) is 12.8 Å². The normalized spacial score (nSPS) is 65.1. The van der Waals surface area contributed by atoms with Crippen molar-refractivity contribution in [1.82, 2.24) is 0 Å². The Morgan fingerprint density at radius 1 is 0.311 bits per heavy atom.